The fourth-order valence-electron chi connectivity index (χ4n) is 11.4. The number of hydrogen-bond acceptors (Lipinski definition) is 18. The van der Waals surface area contributed by atoms with E-state index in [9.17, 15) is 68.1 Å². The molecule has 2 bridgehead atoms. The van der Waals surface area contributed by atoms with Crippen molar-refractivity contribution in [1.29, 1.82) is 0 Å². The van der Waals surface area contributed by atoms with Gasteiger partial charge in [0.15, 0.2) is 11.6 Å². The van der Waals surface area contributed by atoms with Gasteiger partial charge < -0.3 is 77.6 Å². The summed E-state index contributed by atoms with van der Waals surface area (Å²) in [4.78, 5) is 170. The van der Waals surface area contributed by atoms with E-state index in [1.54, 1.807) is 30.9 Å². The lowest BCUT2D eigenvalue weighted by atomic mass is 9.85. The van der Waals surface area contributed by atoms with Crippen LogP contribution in [0.5, 0.6) is 5.75 Å². The molecule has 13 N–H and O–H groups in total. The number of thioether (sulfide) groups is 1. The standard InChI is InChI=1S/C58H84N10O18S2/c1-6-29(2)37-19-33(70)22-61-52(78)32-17-38-36-11-12-45(86-5)39(27-87-35-13-15-67(25-35)49(77)10-8-7-9-14-60-47(75)16-30(3)58(83)84)51(36)66-56(38)88(85)28-41(63-48(76)23-62-53(37)79)54(80)64-40(21-46(59)74)57(82)68-24-34(71)20-42(68)55(81)65-50(43(72)18-32)31(4)44(73)26-69/h11-12,29-32,34-35,37,40-42,44,50,66,69,71,73H,6-10,13-28H2,1-5H3,(H2,59,74)(H,60,75)(H,61,78)(H,62,79)(H,63,76)(H,64,80)(H,65,81)(H,83,84)/t29-,30?,31-,32+,34+,35-,37-,40-,41-,42-,44-,50-,88?/m0/s1. The van der Waals surface area contributed by atoms with E-state index in [-0.39, 0.29) is 46.2 Å². The van der Waals surface area contributed by atoms with Crippen molar-refractivity contribution >= 4 is 104 Å². The number of carboxylic acids is 1. The Labute approximate surface area is 515 Å². The van der Waals surface area contributed by atoms with Crippen LogP contribution in [-0.2, 0) is 80.5 Å². The number of carbonyl (C=O) groups is 12. The number of aromatic nitrogens is 1. The largest absolute Gasteiger partial charge is 0.496 e. The second-order valence-corrected chi connectivity index (χ2v) is 26.1. The predicted molar refractivity (Wildman–Crippen MR) is 319 cm³/mol. The number of fused-ring (bicyclic) bond motifs is 5. The molecule has 4 aliphatic rings. The number of aliphatic hydroxyl groups is 3. The van der Waals surface area contributed by atoms with E-state index < -0.39 is 200 Å². The summed E-state index contributed by atoms with van der Waals surface area (Å²) in [5.74, 6) is -15.1. The van der Waals surface area contributed by atoms with Crippen molar-refractivity contribution in [2.45, 2.75) is 157 Å². The van der Waals surface area contributed by atoms with Gasteiger partial charge in [-0.15, -0.1) is 0 Å². The minimum atomic E-state index is -2.43. The molecule has 2 fully saturated rings. The number of Topliss-reactive ketones (excluding diaryl/α,β-unsaturated/α-hetero) is 2. The Morgan fingerprint density at radius 1 is 0.909 bits per heavy atom. The normalized spacial score (nSPS) is 26.1. The Kier molecular flexibility index (Phi) is 25.8. The molecule has 0 saturated carbocycles. The second kappa shape index (κ2) is 32.5. The molecule has 6 rings (SSSR count). The van der Waals surface area contributed by atoms with Crippen LogP contribution < -0.4 is 42.4 Å². The number of nitrogens with zero attached hydrogens (tertiary/aromatic N) is 2. The number of nitrogens with two attached hydrogens (primary N) is 1. The van der Waals surface area contributed by atoms with Crippen LogP contribution in [0.2, 0.25) is 0 Å². The molecule has 1 aromatic carbocycles. The molecule has 4 aliphatic heterocycles. The summed E-state index contributed by atoms with van der Waals surface area (Å²) in [6.45, 7) is 4.77. The van der Waals surface area contributed by atoms with Crippen LogP contribution in [0.1, 0.15) is 109 Å². The molecule has 2 aromatic rings. The maximum atomic E-state index is 15.4. The van der Waals surface area contributed by atoms with Crippen molar-refractivity contribution in [2.24, 2.45) is 35.3 Å². The minimum Gasteiger partial charge on any atom is -0.496 e. The number of rotatable bonds is 20. The number of methoxy groups -OCH3 is 1. The predicted octanol–water partition coefficient (Wildman–Crippen LogP) is -1.81. The van der Waals surface area contributed by atoms with Crippen molar-refractivity contribution in [3.05, 3.63) is 23.3 Å². The number of aliphatic carboxylic acids is 1. The lowest BCUT2D eigenvalue weighted by molar-refractivity contribution is -0.144. The fraction of sp³-hybridized carbons (Fsp3) is 0.655. The Bertz CT molecular complexity index is 2980. The molecule has 486 valence electrons. The third-order valence-electron chi connectivity index (χ3n) is 16.9. The first-order valence-electron chi connectivity index (χ1n) is 29.8. The van der Waals surface area contributed by atoms with Crippen molar-refractivity contribution in [2.75, 3.05) is 58.7 Å². The van der Waals surface area contributed by atoms with Crippen LogP contribution in [0.4, 0.5) is 0 Å². The van der Waals surface area contributed by atoms with Gasteiger partial charge in [0.05, 0.1) is 79.5 Å². The van der Waals surface area contributed by atoms with Gasteiger partial charge in [-0.05, 0) is 49.3 Å². The van der Waals surface area contributed by atoms with E-state index in [0.717, 1.165) is 4.90 Å². The highest BCUT2D eigenvalue weighted by Gasteiger charge is 2.45. The molecule has 1 aromatic heterocycles. The third-order valence-corrected chi connectivity index (χ3v) is 19.7. The fourth-order valence-corrected chi connectivity index (χ4v) is 14.0. The number of carbonyl (C=O) groups excluding carboxylic acids is 11. The number of amides is 9. The van der Waals surface area contributed by atoms with Gasteiger partial charge in [-0.3, -0.25) is 61.7 Å². The van der Waals surface area contributed by atoms with E-state index in [4.69, 9.17) is 15.6 Å². The Balaban J connectivity index is 1.42. The van der Waals surface area contributed by atoms with Crippen LogP contribution in [0.15, 0.2) is 17.2 Å². The molecule has 5 heterocycles. The van der Waals surface area contributed by atoms with Crippen LogP contribution in [0.25, 0.3) is 10.9 Å². The molecule has 9 amide bonds. The van der Waals surface area contributed by atoms with Gasteiger partial charge in [-0.2, -0.15) is 11.8 Å². The van der Waals surface area contributed by atoms with Crippen molar-refractivity contribution < 1.29 is 86.9 Å². The van der Waals surface area contributed by atoms with E-state index in [0.29, 0.717) is 74.0 Å². The first-order valence-corrected chi connectivity index (χ1v) is 32.1. The van der Waals surface area contributed by atoms with Crippen molar-refractivity contribution in [3.8, 4) is 5.75 Å². The Morgan fingerprint density at radius 2 is 1.64 bits per heavy atom. The Hall–Kier alpha value is -7.02. The maximum Gasteiger partial charge on any atom is 0.306 e. The van der Waals surface area contributed by atoms with E-state index >= 15 is 9.00 Å². The molecule has 2 unspecified atom stereocenters. The average molecular weight is 1270 g/mol. The number of nitrogens with one attached hydrogen (secondary N) is 7. The highest BCUT2D eigenvalue weighted by atomic mass is 32.2. The maximum absolute atomic E-state index is 15.4. The van der Waals surface area contributed by atoms with Crippen LogP contribution in [0, 0.1) is 29.6 Å². The van der Waals surface area contributed by atoms with Crippen LogP contribution in [0.3, 0.4) is 0 Å². The molecule has 0 aliphatic carbocycles. The summed E-state index contributed by atoms with van der Waals surface area (Å²) in [6, 6.07) is -3.71. The molecule has 0 radical (unpaired) electrons. The first kappa shape index (κ1) is 70.1. The zero-order chi connectivity index (χ0) is 64.7. The lowest BCUT2D eigenvalue weighted by Gasteiger charge is -2.32. The monoisotopic (exact) mass is 1270 g/mol. The van der Waals surface area contributed by atoms with Gasteiger partial charge >= 0.3 is 5.97 Å². The number of unbranched alkanes of at least 4 members (excludes halogenated alkanes) is 2. The highest BCUT2D eigenvalue weighted by molar-refractivity contribution is 7.99. The summed E-state index contributed by atoms with van der Waals surface area (Å²) < 4.78 is 21.3. The van der Waals surface area contributed by atoms with E-state index in [2.05, 4.69) is 36.9 Å². The number of benzene rings is 1. The number of primary amides is 1. The topological polar surface area (TPSA) is 433 Å². The third kappa shape index (κ3) is 18.5. The molecular formula is C58H84N10O18S2. The smallest absolute Gasteiger partial charge is 0.306 e. The van der Waals surface area contributed by atoms with Gasteiger partial charge in [0.2, 0.25) is 53.2 Å². The zero-order valence-electron chi connectivity index (χ0n) is 50.2. The van der Waals surface area contributed by atoms with Gasteiger partial charge in [0, 0.05) is 98.0 Å². The average Bonchev–Trinajstić information content (AvgIpc) is 2.29. The van der Waals surface area contributed by atoms with Crippen LogP contribution >= 0.6 is 11.8 Å². The SMILES string of the molecule is CC[C@H](C)[C@@H]1CC(=O)CNC(=O)[C@H]2CC(=O)[C@H]([C@@H](C)[C@@H](O)CO)NC(=O)[C@@H]3C[C@@H](O)CN3C(=O)[C@H](CC(N)=O)NC(=O)[C@H](CS(=O)c3[nH]c4c(CS[C@H]5CCN(C(=O)CCCCCNC(=O)CC(C)C(=O)O)C5)c(OC)ccc4c3C2)NC(=O)CNC1=O. The molecule has 0 spiro atoms. The van der Waals surface area contributed by atoms with E-state index in [1.807, 2.05) is 0 Å². The molecule has 88 heavy (non-hydrogen) atoms. The van der Waals surface area contributed by atoms with Gasteiger partial charge in [-0.25, -0.2) is 0 Å². The number of carboxylic acid groups (broad SMARTS) is 1. The molecule has 13 atom stereocenters. The number of ketones is 2. The lowest BCUT2D eigenvalue weighted by Crippen LogP contribution is -2.60. The van der Waals surface area contributed by atoms with Gasteiger partial charge in [0.25, 0.3) is 0 Å². The molecular weight excluding hydrogens is 1190 g/mol. The summed E-state index contributed by atoms with van der Waals surface area (Å²) in [6.07, 6.45) is -2.83. The zero-order valence-corrected chi connectivity index (χ0v) is 51.9. The summed E-state index contributed by atoms with van der Waals surface area (Å²) >= 11 is 1.51. The molecule has 30 heteroatoms. The van der Waals surface area contributed by atoms with Gasteiger partial charge in [-0.1, -0.05) is 40.5 Å². The van der Waals surface area contributed by atoms with Gasteiger partial charge in [0.1, 0.15) is 28.9 Å². The molecule has 28 nitrogen and oxygen atoms in total. The number of ether oxygens (including phenoxy) is 1. The number of hydrogen-bond donors (Lipinski definition) is 12. The number of aromatic amines is 1. The summed E-state index contributed by atoms with van der Waals surface area (Å²) in [7, 11) is -0.990. The highest BCUT2D eigenvalue weighted by Crippen LogP contribution is 2.39. The molecule has 2 saturated heterocycles. The van der Waals surface area contributed by atoms with Crippen molar-refractivity contribution in [3.63, 3.8) is 0 Å². The number of likely N-dealkylation sites (tertiary alicyclic amines) is 1. The summed E-state index contributed by atoms with van der Waals surface area (Å²) in [5, 5.41) is 56.6. The minimum absolute atomic E-state index is 0.0452. The Morgan fingerprint density at radius 3 is 2.32 bits per heavy atom. The van der Waals surface area contributed by atoms with Crippen LogP contribution in [-0.4, -0.2) is 210 Å². The number of aliphatic hydroxyl groups excluding tert-OH is 3. The van der Waals surface area contributed by atoms with Crippen molar-refractivity contribution in [1.82, 2.24) is 46.7 Å². The first-order chi connectivity index (χ1) is 41.7. The van der Waals surface area contributed by atoms with E-state index in [1.165, 1.54) is 32.7 Å². The number of H-pyrrole nitrogens is 1. The quantitative estimate of drug-likeness (QED) is 0.0650. The summed E-state index contributed by atoms with van der Waals surface area (Å²) in [5.41, 5.74) is 6.68. The second-order valence-electron chi connectivity index (χ2n) is 23.4.